The highest BCUT2D eigenvalue weighted by atomic mass is 16.5. The molecule has 2 heterocycles. The molecule has 25 heavy (non-hydrogen) atoms. The normalized spacial score (nSPS) is 12.1. The first-order valence-electron chi connectivity index (χ1n) is 8.11. The molecule has 0 bridgehead atoms. The number of methoxy groups -OCH3 is 1. The molecule has 0 radical (unpaired) electrons. The molecule has 0 aliphatic rings. The van der Waals surface area contributed by atoms with Gasteiger partial charge in [-0.15, -0.1) is 0 Å². The minimum absolute atomic E-state index is 0.243. The van der Waals surface area contributed by atoms with Crippen LogP contribution in [-0.2, 0) is 9.53 Å². The van der Waals surface area contributed by atoms with Crippen LogP contribution in [0, 0.1) is 0 Å². The van der Waals surface area contributed by atoms with Crippen molar-refractivity contribution in [2.45, 2.75) is 13.0 Å². The summed E-state index contributed by atoms with van der Waals surface area (Å²) in [6.45, 7) is 2.14. The Kier molecular flexibility index (Phi) is 4.95. The van der Waals surface area contributed by atoms with Gasteiger partial charge in [-0.25, -0.2) is 0 Å². The summed E-state index contributed by atoms with van der Waals surface area (Å²) in [4.78, 5) is 25.3. The molecule has 1 N–H and O–H groups in total. The summed E-state index contributed by atoms with van der Waals surface area (Å²) in [7, 11) is 1.55. The van der Waals surface area contributed by atoms with Gasteiger partial charge in [-0.05, 0) is 30.7 Å². The van der Waals surface area contributed by atoms with E-state index in [1.54, 1.807) is 24.6 Å². The number of hydrogen-bond donors (Lipinski definition) is 1. The smallest absolute Gasteiger partial charge is 0.294 e. The number of carbonyl (C=O) groups is 2. The van der Waals surface area contributed by atoms with Gasteiger partial charge in [0.1, 0.15) is 5.69 Å². The fourth-order valence-electron chi connectivity index (χ4n) is 2.88. The third-order valence-electron chi connectivity index (χ3n) is 3.98. The van der Waals surface area contributed by atoms with Gasteiger partial charge in [-0.1, -0.05) is 36.4 Å². The summed E-state index contributed by atoms with van der Waals surface area (Å²) >= 11 is 0. The second kappa shape index (κ2) is 7.32. The Hall–Kier alpha value is -2.92. The molecule has 0 unspecified atom stereocenters. The van der Waals surface area contributed by atoms with Crippen molar-refractivity contribution in [3.63, 3.8) is 0 Å². The minimum Gasteiger partial charge on any atom is -0.383 e. The molecule has 1 amide bonds. The number of Topliss-reactive ketones (excluding diaryl/α,β-unsaturated/α-hetero) is 1. The fourth-order valence-corrected chi connectivity index (χ4v) is 2.88. The van der Waals surface area contributed by atoms with E-state index in [-0.39, 0.29) is 6.04 Å². The summed E-state index contributed by atoms with van der Waals surface area (Å²) in [6.07, 6.45) is 1.79. The van der Waals surface area contributed by atoms with E-state index in [2.05, 4.69) is 5.32 Å². The number of ether oxygens (including phenoxy) is 1. The number of carbonyl (C=O) groups excluding carboxylic acids is 2. The van der Waals surface area contributed by atoms with E-state index in [0.29, 0.717) is 12.3 Å². The Morgan fingerprint density at radius 3 is 2.56 bits per heavy atom. The quantitative estimate of drug-likeness (QED) is 0.556. The van der Waals surface area contributed by atoms with Crippen LogP contribution in [0.4, 0.5) is 0 Å². The zero-order valence-corrected chi connectivity index (χ0v) is 14.2. The summed E-state index contributed by atoms with van der Waals surface area (Å²) in [5.74, 6) is -1.20. The van der Waals surface area contributed by atoms with Crippen LogP contribution < -0.4 is 5.32 Å². The van der Waals surface area contributed by atoms with Crippen molar-refractivity contribution in [1.82, 2.24) is 9.72 Å². The Morgan fingerprint density at radius 1 is 1.12 bits per heavy atom. The fraction of sp³-hybridized carbons (Fsp3) is 0.200. The molecular formula is C20H20N2O3. The molecule has 128 valence electrons. The molecule has 5 nitrogen and oxygen atoms in total. The molecule has 2 aromatic heterocycles. The number of rotatable bonds is 6. The van der Waals surface area contributed by atoms with Crippen LogP contribution in [0.3, 0.4) is 0 Å². The molecule has 0 saturated heterocycles. The van der Waals surface area contributed by atoms with Gasteiger partial charge in [-0.3, -0.25) is 9.59 Å². The van der Waals surface area contributed by atoms with Gasteiger partial charge >= 0.3 is 0 Å². The predicted molar refractivity (Wildman–Crippen MR) is 96.6 cm³/mol. The first kappa shape index (κ1) is 16.9. The van der Waals surface area contributed by atoms with Crippen LogP contribution in [0.5, 0.6) is 0 Å². The third kappa shape index (κ3) is 3.46. The van der Waals surface area contributed by atoms with Crippen LogP contribution >= 0.6 is 0 Å². The van der Waals surface area contributed by atoms with Gasteiger partial charge in [0.25, 0.3) is 11.7 Å². The maximum Gasteiger partial charge on any atom is 0.294 e. The number of ketones is 1. The average molecular weight is 336 g/mol. The molecular weight excluding hydrogens is 316 g/mol. The van der Waals surface area contributed by atoms with E-state index in [1.165, 1.54) is 0 Å². The average Bonchev–Trinajstić information content (AvgIpc) is 3.01. The Balaban J connectivity index is 2.05. The monoisotopic (exact) mass is 336 g/mol. The van der Waals surface area contributed by atoms with Gasteiger partial charge < -0.3 is 14.5 Å². The first-order valence-corrected chi connectivity index (χ1v) is 8.11. The summed E-state index contributed by atoms with van der Waals surface area (Å²) in [6, 6.07) is 16.9. The van der Waals surface area contributed by atoms with Crippen LogP contribution in [0.25, 0.3) is 16.6 Å². The number of nitrogens with one attached hydrogen (secondary N) is 1. The van der Waals surface area contributed by atoms with Crippen molar-refractivity contribution < 1.29 is 14.3 Å². The third-order valence-corrected chi connectivity index (χ3v) is 3.98. The maximum absolute atomic E-state index is 12.9. The molecule has 0 saturated carbocycles. The SMILES string of the molecule is COC[C@H](C)NC(=O)C(=O)c1c(-c2ccccc2)cc2ccccn12. The number of amides is 1. The van der Waals surface area contributed by atoms with Crippen molar-refractivity contribution in [2.75, 3.05) is 13.7 Å². The zero-order valence-electron chi connectivity index (χ0n) is 14.2. The highest BCUT2D eigenvalue weighted by Crippen LogP contribution is 2.28. The lowest BCUT2D eigenvalue weighted by atomic mass is 10.0. The molecule has 0 aliphatic heterocycles. The highest BCUT2D eigenvalue weighted by Gasteiger charge is 2.25. The van der Waals surface area contributed by atoms with Crippen LogP contribution in [-0.4, -0.2) is 35.8 Å². The van der Waals surface area contributed by atoms with E-state index in [9.17, 15) is 9.59 Å². The predicted octanol–water partition coefficient (Wildman–Crippen LogP) is 2.94. The van der Waals surface area contributed by atoms with Gasteiger partial charge in [0.2, 0.25) is 0 Å². The van der Waals surface area contributed by atoms with E-state index < -0.39 is 11.7 Å². The largest absolute Gasteiger partial charge is 0.383 e. The molecule has 0 fully saturated rings. The highest BCUT2D eigenvalue weighted by molar-refractivity contribution is 6.43. The standard InChI is InChI=1S/C20H20N2O3/c1-14(13-25-2)21-20(24)19(23)18-17(15-8-4-3-5-9-15)12-16-10-6-7-11-22(16)18/h3-12,14H,13H2,1-2H3,(H,21,24)/t14-/m0/s1. The Bertz CT molecular complexity index is 900. The maximum atomic E-state index is 12.9. The van der Waals surface area contributed by atoms with Gasteiger partial charge in [0.05, 0.1) is 6.61 Å². The molecule has 3 aromatic rings. The Morgan fingerprint density at radius 2 is 1.84 bits per heavy atom. The summed E-state index contributed by atoms with van der Waals surface area (Å²) in [5, 5.41) is 2.69. The van der Waals surface area contributed by atoms with Crippen LogP contribution in [0.15, 0.2) is 60.8 Å². The number of fused-ring (bicyclic) bond motifs is 1. The van der Waals surface area contributed by atoms with E-state index in [0.717, 1.165) is 16.6 Å². The molecule has 1 aromatic carbocycles. The number of pyridine rings is 1. The first-order chi connectivity index (χ1) is 12.1. The van der Waals surface area contributed by atoms with Crippen LogP contribution in [0.1, 0.15) is 17.4 Å². The van der Waals surface area contributed by atoms with Gasteiger partial charge in [-0.2, -0.15) is 0 Å². The molecule has 3 rings (SSSR count). The lowest BCUT2D eigenvalue weighted by Crippen LogP contribution is -2.40. The molecule has 5 heteroatoms. The van der Waals surface area contributed by atoms with Gasteiger partial charge in [0.15, 0.2) is 0 Å². The second-order valence-electron chi connectivity index (χ2n) is 5.93. The minimum atomic E-state index is -0.634. The molecule has 0 spiro atoms. The van der Waals surface area contributed by atoms with E-state index in [1.807, 2.05) is 54.6 Å². The lowest BCUT2D eigenvalue weighted by molar-refractivity contribution is -0.117. The topological polar surface area (TPSA) is 59.8 Å². The van der Waals surface area contributed by atoms with Crippen molar-refractivity contribution in [3.8, 4) is 11.1 Å². The number of nitrogens with zero attached hydrogens (tertiary/aromatic N) is 1. The van der Waals surface area contributed by atoms with E-state index >= 15 is 0 Å². The van der Waals surface area contributed by atoms with Crippen LogP contribution in [0.2, 0.25) is 0 Å². The second-order valence-corrected chi connectivity index (χ2v) is 5.93. The van der Waals surface area contributed by atoms with Crippen molar-refractivity contribution in [2.24, 2.45) is 0 Å². The number of aromatic nitrogens is 1. The molecule has 0 aliphatic carbocycles. The number of hydrogen-bond acceptors (Lipinski definition) is 3. The zero-order chi connectivity index (χ0) is 17.8. The molecule has 1 atom stereocenters. The lowest BCUT2D eigenvalue weighted by Gasteiger charge is -2.12. The summed E-state index contributed by atoms with van der Waals surface area (Å²) < 4.78 is 6.76. The summed E-state index contributed by atoms with van der Waals surface area (Å²) in [5.41, 5.74) is 2.87. The van der Waals surface area contributed by atoms with E-state index in [4.69, 9.17) is 4.74 Å². The van der Waals surface area contributed by atoms with Crippen molar-refractivity contribution >= 4 is 17.2 Å². The number of benzene rings is 1. The van der Waals surface area contributed by atoms with Crippen molar-refractivity contribution in [3.05, 3.63) is 66.5 Å². The Labute approximate surface area is 146 Å². The van der Waals surface area contributed by atoms with Gasteiger partial charge in [0, 0.05) is 30.4 Å². The van der Waals surface area contributed by atoms with Crippen molar-refractivity contribution in [1.29, 1.82) is 0 Å².